The van der Waals surface area contributed by atoms with Crippen LogP contribution in [0.2, 0.25) is 0 Å². The van der Waals surface area contributed by atoms with Crippen LogP contribution >= 0.6 is 35.7 Å². The molecular formula is C15H23FIN3S. The minimum atomic E-state index is -0.207. The number of thioether (sulfide) groups is 1. The third-order valence-corrected chi connectivity index (χ3v) is 4.26. The van der Waals surface area contributed by atoms with Crippen LogP contribution in [0.4, 0.5) is 4.39 Å². The van der Waals surface area contributed by atoms with Crippen molar-refractivity contribution in [1.29, 1.82) is 0 Å². The van der Waals surface area contributed by atoms with E-state index in [4.69, 9.17) is 0 Å². The van der Waals surface area contributed by atoms with Crippen LogP contribution in [0.25, 0.3) is 0 Å². The molecule has 2 N–H and O–H groups in total. The van der Waals surface area contributed by atoms with Crippen molar-refractivity contribution in [3.63, 3.8) is 0 Å². The summed E-state index contributed by atoms with van der Waals surface area (Å²) >= 11 is 1.62. The Morgan fingerprint density at radius 2 is 2.19 bits per heavy atom. The van der Waals surface area contributed by atoms with Crippen LogP contribution in [0.5, 0.6) is 0 Å². The number of nitrogens with one attached hydrogen (secondary N) is 2. The molecule has 2 unspecified atom stereocenters. The van der Waals surface area contributed by atoms with Gasteiger partial charge >= 0.3 is 0 Å². The highest BCUT2D eigenvalue weighted by Gasteiger charge is 2.33. The maximum Gasteiger partial charge on any atom is 0.191 e. The number of halogens is 2. The summed E-state index contributed by atoms with van der Waals surface area (Å²) in [6.45, 7) is 5.58. The van der Waals surface area contributed by atoms with E-state index in [1.807, 2.05) is 19.2 Å². The van der Waals surface area contributed by atoms with Crippen molar-refractivity contribution in [2.45, 2.75) is 37.8 Å². The van der Waals surface area contributed by atoms with Crippen molar-refractivity contribution >= 4 is 41.7 Å². The predicted octanol–water partition coefficient (Wildman–Crippen LogP) is 3.63. The molecule has 0 saturated heterocycles. The molecule has 0 heterocycles. The Balaban J connectivity index is 0.00000220. The molecule has 1 aromatic carbocycles. The van der Waals surface area contributed by atoms with Crippen molar-refractivity contribution < 1.29 is 4.39 Å². The Bertz CT molecular complexity index is 496. The average molecular weight is 423 g/mol. The Labute approximate surface area is 147 Å². The molecule has 1 fully saturated rings. The average Bonchev–Trinajstić information content (AvgIpc) is 3.12. The minimum absolute atomic E-state index is 0. The predicted molar refractivity (Wildman–Crippen MR) is 99.1 cm³/mol. The van der Waals surface area contributed by atoms with Gasteiger partial charge in [0.15, 0.2) is 5.96 Å². The molecule has 1 saturated carbocycles. The van der Waals surface area contributed by atoms with Gasteiger partial charge in [0.2, 0.25) is 0 Å². The van der Waals surface area contributed by atoms with Crippen LogP contribution in [0.1, 0.15) is 25.8 Å². The molecule has 118 valence electrons. The van der Waals surface area contributed by atoms with Gasteiger partial charge < -0.3 is 10.6 Å². The first-order valence-electron chi connectivity index (χ1n) is 7.01. The number of aliphatic imine (C=N–C) groups is 1. The Morgan fingerprint density at radius 3 is 2.76 bits per heavy atom. The van der Waals surface area contributed by atoms with Crippen LogP contribution < -0.4 is 10.6 Å². The van der Waals surface area contributed by atoms with Gasteiger partial charge in [0.1, 0.15) is 5.82 Å². The molecule has 21 heavy (non-hydrogen) atoms. The van der Waals surface area contributed by atoms with Gasteiger partial charge in [-0.3, -0.25) is 0 Å². The first-order valence-corrected chi connectivity index (χ1v) is 8.23. The van der Waals surface area contributed by atoms with Crippen molar-refractivity contribution in [2.75, 3.05) is 12.8 Å². The smallest absolute Gasteiger partial charge is 0.191 e. The fraction of sp³-hybridized carbons (Fsp3) is 0.533. The molecule has 2 rings (SSSR count). The second-order valence-corrected chi connectivity index (χ2v) is 5.96. The molecule has 6 heteroatoms. The van der Waals surface area contributed by atoms with E-state index >= 15 is 0 Å². The maximum absolute atomic E-state index is 13.3. The molecule has 0 bridgehead atoms. The summed E-state index contributed by atoms with van der Waals surface area (Å²) in [5.41, 5.74) is 0.929. The van der Waals surface area contributed by atoms with E-state index in [1.165, 1.54) is 12.5 Å². The number of hydrogen-bond acceptors (Lipinski definition) is 2. The molecule has 0 aliphatic heterocycles. The fourth-order valence-corrected chi connectivity index (χ4v) is 2.64. The first kappa shape index (κ1) is 18.5. The zero-order chi connectivity index (χ0) is 14.5. The highest BCUT2D eigenvalue weighted by molar-refractivity contribution is 14.0. The summed E-state index contributed by atoms with van der Waals surface area (Å²) < 4.78 is 13.3. The normalized spacial score (nSPS) is 20.7. The summed E-state index contributed by atoms with van der Waals surface area (Å²) in [7, 11) is 0. The molecule has 1 aromatic rings. The van der Waals surface area contributed by atoms with Crippen LogP contribution in [0.3, 0.4) is 0 Å². The van der Waals surface area contributed by atoms with Crippen molar-refractivity contribution in [2.24, 2.45) is 10.9 Å². The van der Waals surface area contributed by atoms with E-state index < -0.39 is 0 Å². The fourth-order valence-electron chi connectivity index (χ4n) is 2.05. The van der Waals surface area contributed by atoms with Gasteiger partial charge in [-0.2, -0.15) is 0 Å². The number of hydrogen-bond donors (Lipinski definition) is 2. The van der Waals surface area contributed by atoms with Gasteiger partial charge in [-0.25, -0.2) is 9.38 Å². The Morgan fingerprint density at radius 1 is 1.48 bits per heavy atom. The molecule has 1 aliphatic rings. The number of guanidine groups is 1. The van der Waals surface area contributed by atoms with E-state index in [1.54, 1.807) is 17.8 Å². The van der Waals surface area contributed by atoms with Crippen molar-refractivity contribution in [1.82, 2.24) is 10.6 Å². The largest absolute Gasteiger partial charge is 0.357 e. The third-order valence-electron chi connectivity index (χ3n) is 3.43. The van der Waals surface area contributed by atoms with Gasteiger partial charge in [0.05, 0.1) is 6.54 Å². The van der Waals surface area contributed by atoms with Gasteiger partial charge in [0.25, 0.3) is 0 Å². The van der Waals surface area contributed by atoms with Crippen LogP contribution in [0.15, 0.2) is 28.1 Å². The highest BCUT2D eigenvalue weighted by atomic mass is 127. The van der Waals surface area contributed by atoms with E-state index in [-0.39, 0.29) is 29.8 Å². The standard InChI is InChI=1S/C15H22FN3S.HI/c1-4-17-15(19-13-7-10(13)2)18-9-11-8-12(16)5-6-14(11)20-3;/h5-6,8,10,13H,4,7,9H2,1-3H3,(H2,17,18,19);1H. The van der Waals surface area contributed by atoms with E-state index in [0.29, 0.717) is 12.6 Å². The molecule has 1 aliphatic carbocycles. The lowest BCUT2D eigenvalue weighted by Gasteiger charge is -2.11. The SMILES string of the molecule is CCNC(=NCc1cc(F)ccc1SC)NC1CC1C.I. The summed E-state index contributed by atoms with van der Waals surface area (Å²) in [5.74, 6) is 1.33. The van der Waals surface area contributed by atoms with Crippen LogP contribution in [-0.2, 0) is 6.54 Å². The number of benzene rings is 1. The Kier molecular flexibility index (Phi) is 7.79. The molecule has 0 radical (unpaired) electrons. The highest BCUT2D eigenvalue weighted by Crippen LogP contribution is 2.28. The van der Waals surface area contributed by atoms with Crippen molar-refractivity contribution in [3.05, 3.63) is 29.6 Å². The van der Waals surface area contributed by atoms with E-state index in [9.17, 15) is 4.39 Å². The second-order valence-electron chi connectivity index (χ2n) is 5.12. The zero-order valence-corrected chi connectivity index (χ0v) is 15.8. The van der Waals surface area contributed by atoms with Crippen molar-refractivity contribution in [3.8, 4) is 0 Å². The lowest BCUT2D eigenvalue weighted by molar-refractivity contribution is 0.623. The summed E-state index contributed by atoms with van der Waals surface area (Å²) in [6.07, 6.45) is 3.19. The van der Waals surface area contributed by atoms with Gasteiger partial charge in [-0.05, 0) is 49.3 Å². The summed E-state index contributed by atoms with van der Waals surface area (Å²) in [4.78, 5) is 5.64. The first-order chi connectivity index (χ1) is 9.63. The minimum Gasteiger partial charge on any atom is -0.357 e. The third kappa shape index (κ3) is 5.65. The zero-order valence-electron chi connectivity index (χ0n) is 12.6. The topological polar surface area (TPSA) is 36.4 Å². The summed E-state index contributed by atoms with van der Waals surface area (Å²) in [6, 6.07) is 5.40. The number of rotatable bonds is 5. The molecule has 2 atom stereocenters. The van der Waals surface area contributed by atoms with Gasteiger partial charge in [0, 0.05) is 17.5 Å². The maximum atomic E-state index is 13.3. The number of nitrogens with zero attached hydrogens (tertiary/aromatic N) is 1. The second kappa shape index (κ2) is 8.82. The van der Waals surface area contributed by atoms with Crippen LogP contribution in [-0.4, -0.2) is 24.8 Å². The van der Waals surface area contributed by atoms with Gasteiger partial charge in [-0.15, -0.1) is 35.7 Å². The molecule has 3 nitrogen and oxygen atoms in total. The Hall–Kier alpha value is -0.500. The quantitative estimate of drug-likeness (QED) is 0.329. The molecule has 0 aromatic heterocycles. The molecule has 0 amide bonds. The summed E-state index contributed by atoms with van der Waals surface area (Å²) in [5, 5.41) is 6.64. The van der Waals surface area contributed by atoms with Crippen LogP contribution in [0, 0.1) is 11.7 Å². The lowest BCUT2D eigenvalue weighted by Crippen LogP contribution is -2.39. The monoisotopic (exact) mass is 423 g/mol. The van der Waals surface area contributed by atoms with E-state index in [2.05, 4.69) is 22.5 Å². The molecule has 0 spiro atoms. The van der Waals surface area contributed by atoms with E-state index in [0.717, 1.165) is 28.9 Å². The molecular weight excluding hydrogens is 400 g/mol. The van der Waals surface area contributed by atoms with Gasteiger partial charge in [-0.1, -0.05) is 6.92 Å². The lowest BCUT2D eigenvalue weighted by atomic mass is 10.2.